The molecule has 1 aromatic carbocycles. The quantitative estimate of drug-likeness (QED) is 0.613. The fourth-order valence-corrected chi connectivity index (χ4v) is 2.88. The van der Waals surface area contributed by atoms with Crippen LogP contribution in [0.2, 0.25) is 0 Å². The number of nitrogens with zero attached hydrogens (tertiary/aromatic N) is 1. The van der Waals surface area contributed by atoms with Gasteiger partial charge in [-0.15, -0.1) is 5.48 Å². The summed E-state index contributed by atoms with van der Waals surface area (Å²) in [7, 11) is 0. The Morgan fingerprint density at radius 1 is 1.10 bits per heavy atom. The van der Waals surface area contributed by atoms with E-state index in [1.807, 2.05) is 0 Å². The van der Waals surface area contributed by atoms with Gasteiger partial charge in [-0.25, -0.2) is 15.0 Å². The molecule has 2 rings (SSSR count). The molecule has 1 saturated heterocycles. The summed E-state index contributed by atoms with van der Waals surface area (Å²) in [5, 5.41) is 0. The summed E-state index contributed by atoms with van der Waals surface area (Å²) >= 11 is 0. The highest BCUT2D eigenvalue weighted by atomic mass is 16.7. The lowest BCUT2D eigenvalue weighted by atomic mass is 10.2. The van der Waals surface area contributed by atoms with Gasteiger partial charge in [0.15, 0.2) is 0 Å². The minimum Gasteiger partial charge on any atom is -0.443 e. The molecule has 1 heterocycles. The van der Waals surface area contributed by atoms with Crippen molar-refractivity contribution in [3.8, 4) is 0 Å². The Morgan fingerprint density at radius 3 is 2.40 bits per heavy atom. The summed E-state index contributed by atoms with van der Waals surface area (Å²) < 4.78 is 5.05. The van der Waals surface area contributed by atoms with E-state index < -0.39 is 41.6 Å². The smallest absolute Gasteiger partial charge is 0.426 e. The Morgan fingerprint density at radius 2 is 1.77 bits per heavy atom. The van der Waals surface area contributed by atoms with Crippen LogP contribution in [0.4, 0.5) is 4.79 Å². The lowest BCUT2D eigenvalue weighted by molar-refractivity contribution is -0.142. The number of carbonyl (C=O) groups is 4. The highest BCUT2D eigenvalue weighted by molar-refractivity contribution is 5.91. The van der Waals surface area contributed by atoms with Crippen molar-refractivity contribution in [3.63, 3.8) is 0 Å². The molecule has 164 valence electrons. The van der Waals surface area contributed by atoms with Gasteiger partial charge < -0.3 is 14.5 Å². The third kappa shape index (κ3) is 6.73. The lowest BCUT2D eigenvalue weighted by Gasteiger charge is -2.27. The van der Waals surface area contributed by atoms with Gasteiger partial charge in [0, 0.05) is 6.54 Å². The zero-order valence-corrected chi connectivity index (χ0v) is 17.6. The number of hydrogen-bond donors (Lipinski definition) is 3. The molecule has 10 nitrogen and oxygen atoms in total. The van der Waals surface area contributed by atoms with Crippen molar-refractivity contribution < 1.29 is 28.8 Å². The van der Waals surface area contributed by atoms with Crippen molar-refractivity contribution in [1.82, 2.24) is 21.2 Å². The number of hydroxylamine groups is 1. The van der Waals surface area contributed by atoms with Crippen LogP contribution in [0, 0.1) is 0 Å². The minimum absolute atomic E-state index is 0.344. The molecule has 1 aliphatic heterocycles. The first-order valence-electron chi connectivity index (χ1n) is 9.69. The number of amides is 3. The lowest BCUT2D eigenvalue weighted by Crippen LogP contribution is -2.55. The molecule has 10 heteroatoms. The highest BCUT2D eigenvalue weighted by Gasteiger charge is 2.36. The normalized spacial score (nSPS) is 17.1. The first kappa shape index (κ1) is 23.1. The molecule has 30 heavy (non-hydrogen) atoms. The molecular weight excluding hydrogens is 392 g/mol. The number of hydrazine groups is 1. The van der Waals surface area contributed by atoms with Gasteiger partial charge in [0.2, 0.25) is 5.91 Å². The Hall–Kier alpha value is -3.14. The largest absolute Gasteiger partial charge is 0.443 e. The standard InChI is InChI=1S/C20H28N4O6/c1-13(23-30-18(27)14-9-6-5-7-10-14)17(26)24-12-8-11-15(24)16(25)21-22-19(28)29-20(2,3)4/h5-7,9-10,13,15,23H,8,11-12H2,1-4H3,(H,21,25)(H,22,28)/t13-,15-/m0/s1. The van der Waals surface area contributed by atoms with Crippen LogP contribution in [0.15, 0.2) is 30.3 Å². The van der Waals surface area contributed by atoms with Crippen molar-refractivity contribution >= 4 is 23.9 Å². The second-order valence-corrected chi connectivity index (χ2v) is 7.90. The maximum Gasteiger partial charge on any atom is 0.426 e. The van der Waals surface area contributed by atoms with E-state index in [0.29, 0.717) is 24.9 Å². The van der Waals surface area contributed by atoms with E-state index in [0.717, 1.165) is 0 Å². The van der Waals surface area contributed by atoms with Gasteiger partial charge in [0.05, 0.1) is 5.56 Å². The summed E-state index contributed by atoms with van der Waals surface area (Å²) in [4.78, 5) is 55.2. The fraction of sp³-hybridized carbons (Fsp3) is 0.500. The van der Waals surface area contributed by atoms with Gasteiger partial charge in [-0.2, -0.15) is 0 Å². The molecule has 0 aromatic heterocycles. The molecule has 3 amide bonds. The van der Waals surface area contributed by atoms with Gasteiger partial charge in [-0.1, -0.05) is 18.2 Å². The fourth-order valence-electron chi connectivity index (χ4n) is 2.88. The van der Waals surface area contributed by atoms with E-state index in [-0.39, 0.29) is 0 Å². The van der Waals surface area contributed by atoms with Gasteiger partial charge in [-0.3, -0.25) is 15.0 Å². The predicted molar refractivity (Wildman–Crippen MR) is 107 cm³/mol. The highest BCUT2D eigenvalue weighted by Crippen LogP contribution is 2.18. The Bertz CT molecular complexity index is 777. The van der Waals surface area contributed by atoms with Crippen LogP contribution < -0.4 is 16.3 Å². The van der Waals surface area contributed by atoms with Crippen molar-refractivity contribution in [3.05, 3.63) is 35.9 Å². The Kier molecular flexibility index (Phi) is 7.76. The summed E-state index contributed by atoms with van der Waals surface area (Å²) in [5.74, 6) is -1.54. The van der Waals surface area contributed by atoms with Gasteiger partial charge in [0.25, 0.3) is 5.91 Å². The predicted octanol–water partition coefficient (Wildman–Crippen LogP) is 1.28. The first-order valence-corrected chi connectivity index (χ1v) is 9.69. The number of benzene rings is 1. The Balaban J connectivity index is 1.85. The number of carbonyl (C=O) groups excluding carboxylic acids is 4. The molecule has 0 spiro atoms. The molecule has 0 saturated carbocycles. The van der Waals surface area contributed by atoms with E-state index in [1.54, 1.807) is 51.1 Å². The molecular formula is C20H28N4O6. The molecule has 3 N–H and O–H groups in total. The Labute approximate surface area is 175 Å². The van der Waals surface area contributed by atoms with Crippen molar-refractivity contribution in [2.45, 2.75) is 58.2 Å². The molecule has 1 aromatic rings. The second kappa shape index (κ2) is 10.1. The molecule has 1 aliphatic rings. The molecule has 2 atom stereocenters. The number of ether oxygens (including phenoxy) is 1. The minimum atomic E-state index is -0.857. The summed E-state index contributed by atoms with van der Waals surface area (Å²) in [6, 6.07) is 6.75. The topological polar surface area (TPSA) is 126 Å². The van der Waals surface area contributed by atoms with Crippen LogP contribution in [0.5, 0.6) is 0 Å². The van der Waals surface area contributed by atoms with Crippen molar-refractivity contribution in [1.29, 1.82) is 0 Å². The number of nitrogens with one attached hydrogen (secondary N) is 3. The molecule has 0 bridgehead atoms. The molecule has 0 unspecified atom stereocenters. The molecule has 1 fully saturated rings. The SMILES string of the molecule is C[C@H](NOC(=O)c1ccccc1)C(=O)N1CCC[C@H]1C(=O)NNC(=O)OC(C)(C)C. The number of hydrogen-bond acceptors (Lipinski definition) is 7. The van der Waals surface area contributed by atoms with E-state index >= 15 is 0 Å². The third-order valence-electron chi connectivity index (χ3n) is 4.23. The summed E-state index contributed by atoms with van der Waals surface area (Å²) in [6.07, 6.45) is 0.284. The van der Waals surface area contributed by atoms with Crippen LogP contribution in [0.1, 0.15) is 50.9 Å². The van der Waals surface area contributed by atoms with E-state index in [9.17, 15) is 19.2 Å². The van der Waals surface area contributed by atoms with Crippen LogP contribution in [-0.4, -0.2) is 53.0 Å². The average molecular weight is 420 g/mol. The molecule has 0 aliphatic carbocycles. The summed E-state index contributed by atoms with van der Waals surface area (Å²) in [5.41, 5.74) is 6.53. The summed E-state index contributed by atoms with van der Waals surface area (Å²) in [6.45, 7) is 7.01. The van der Waals surface area contributed by atoms with E-state index in [1.165, 1.54) is 11.8 Å². The number of rotatable bonds is 5. The van der Waals surface area contributed by atoms with Crippen molar-refractivity contribution in [2.24, 2.45) is 0 Å². The van der Waals surface area contributed by atoms with E-state index in [4.69, 9.17) is 9.57 Å². The third-order valence-corrected chi connectivity index (χ3v) is 4.23. The number of likely N-dealkylation sites (tertiary alicyclic amines) is 1. The van der Waals surface area contributed by atoms with Gasteiger partial charge in [-0.05, 0) is 52.7 Å². The van der Waals surface area contributed by atoms with Gasteiger partial charge >= 0.3 is 12.1 Å². The molecule has 0 radical (unpaired) electrons. The average Bonchev–Trinajstić information content (AvgIpc) is 3.18. The monoisotopic (exact) mass is 420 g/mol. The maximum atomic E-state index is 12.7. The maximum absolute atomic E-state index is 12.7. The van der Waals surface area contributed by atoms with Crippen LogP contribution in [0.25, 0.3) is 0 Å². The van der Waals surface area contributed by atoms with E-state index in [2.05, 4.69) is 16.3 Å². The first-order chi connectivity index (χ1) is 14.1. The van der Waals surface area contributed by atoms with Crippen molar-refractivity contribution in [2.75, 3.05) is 6.54 Å². The van der Waals surface area contributed by atoms with Crippen LogP contribution in [-0.2, 0) is 19.2 Å². The zero-order valence-electron chi connectivity index (χ0n) is 17.6. The van der Waals surface area contributed by atoms with Crippen LogP contribution in [0.3, 0.4) is 0 Å². The van der Waals surface area contributed by atoms with Gasteiger partial charge in [0.1, 0.15) is 17.7 Å². The zero-order chi connectivity index (χ0) is 22.3. The second-order valence-electron chi connectivity index (χ2n) is 7.90. The van der Waals surface area contributed by atoms with Crippen LogP contribution >= 0.6 is 0 Å².